The van der Waals surface area contributed by atoms with Gasteiger partial charge in [0.1, 0.15) is 22.4 Å². The molecular weight excluding hydrogens is 382 g/mol. The first-order chi connectivity index (χ1) is 15.4. The number of imidazole rings is 1. The van der Waals surface area contributed by atoms with Crippen LogP contribution in [0.5, 0.6) is 0 Å². The molecule has 0 fully saturated rings. The second-order valence-electron chi connectivity index (χ2n) is 7.83. The number of para-hydroxylation sites is 2. The van der Waals surface area contributed by atoms with E-state index < -0.39 is 0 Å². The van der Waals surface area contributed by atoms with Crippen molar-refractivity contribution in [3.8, 4) is 22.8 Å². The van der Waals surface area contributed by atoms with Crippen molar-refractivity contribution in [1.29, 1.82) is 0 Å². The molecule has 4 aromatic heterocycles. The van der Waals surface area contributed by atoms with Crippen LogP contribution < -0.4 is 4.57 Å². The molecule has 0 saturated heterocycles. The van der Waals surface area contributed by atoms with Crippen molar-refractivity contribution in [3.05, 3.63) is 103 Å². The second-order valence-corrected chi connectivity index (χ2v) is 7.83. The predicted octanol–water partition coefficient (Wildman–Crippen LogP) is 4.68. The van der Waals surface area contributed by atoms with Gasteiger partial charge in [-0.15, -0.1) is 0 Å². The fraction of sp³-hybridized carbons (Fsp3) is 0.0385. The molecule has 0 aliphatic carbocycles. The number of aromatic nitrogens is 5. The molecule has 146 valence electrons. The zero-order chi connectivity index (χ0) is 20.4. The first kappa shape index (κ1) is 16.5. The Morgan fingerprint density at radius 3 is 2.26 bits per heavy atom. The smallest absolute Gasteiger partial charge is 0.264 e. The molecule has 5 nitrogen and oxygen atoms in total. The highest BCUT2D eigenvalue weighted by molar-refractivity contribution is 6.04. The summed E-state index contributed by atoms with van der Waals surface area (Å²) in [6, 6.07) is 27.4. The molecule has 5 heteroatoms. The molecule has 0 radical (unpaired) electrons. The monoisotopic (exact) mass is 400 g/mol. The van der Waals surface area contributed by atoms with Gasteiger partial charge in [-0.05, 0) is 42.5 Å². The molecule has 0 N–H and O–H groups in total. The fourth-order valence-electron chi connectivity index (χ4n) is 4.88. The molecule has 0 saturated carbocycles. The van der Waals surface area contributed by atoms with Crippen LogP contribution in [0.1, 0.15) is 5.56 Å². The van der Waals surface area contributed by atoms with Crippen LogP contribution in [-0.2, 0) is 6.54 Å². The van der Waals surface area contributed by atoms with Gasteiger partial charge in [-0.1, -0.05) is 36.4 Å². The van der Waals surface area contributed by atoms with E-state index in [1.165, 1.54) is 11.1 Å². The molecule has 0 spiro atoms. The largest absolute Gasteiger partial charge is 0.277 e. The normalized spacial score (nSPS) is 12.4. The number of fused-ring (bicyclic) bond motifs is 7. The molecule has 6 aromatic rings. The number of benzene rings is 2. The number of hydrogen-bond acceptors (Lipinski definition) is 2. The first-order valence-electron chi connectivity index (χ1n) is 10.4. The molecular formula is C26H18N5+. The molecule has 31 heavy (non-hydrogen) atoms. The minimum atomic E-state index is 0.812. The maximum absolute atomic E-state index is 4.84. The Bertz CT molecular complexity index is 1590. The topological polar surface area (TPSA) is 39.5 Å². The van der Waals surface area contributed by atoms with E-state index in [0.29, 0.717) is 0 Å². The Hall–Kier alpha value is -4.25. The van der Waals surface area contributed by atoms with Crippen LogP contribution in [0.4, 0.5) is 0 Å². The van der Waals surface area contributed by atoms with Gasteiger partial charge in [0.05, 0.1) is 12.1 Å². The average molecular weight is 400 g/mol. The molecule has 0 unspecified atom stereocenters. The third kappa shape index (κ3) is 2.17. The van der Waals surface area contributed by atoms with Gasteiger partial charge in [0, 0.05) is 24.2 Å². The number of rotatable bonds is 2. The Morgan fingerprint density at radius 1 is 0.742 bits per heavy atom. The summed E-state index contributed by atoms with van der Waals surface area (Å²) in [5.41, 5.74) is 9.08. The zero-order valence-electron chi connectivity index (χ0n) is 16.7. The third-order valence-electron chi connectivity index (χ3n) is 6.13. The van der Waals surface area contributed by atoms with Crippen molar-refractivity contribution in [3.63, 3.8) is 0 Å². The summed E-state index contributed by atoms with van der Waals surface area (Å²) in [5, 5.41) is 0. The quantitative estimate of drug-likeness (QED) is 0.395. The van der Waals surface area contributed by atoms with Crippen molar-refractivity contribution < 1.29 is 4.57 Å². The number of nitrogens with zero attached hydrogens (tertiary/aromatic N) is 5. The van der Waals surface area contributed by atoms with Gasteiger partial charge in [0.25, 0.3) is 5.65 Å². The lowest BCUT2D eigenvalue weighted by atomic mass is 10.1. The minimum absolute atomic E-state index is 0.812. The van der Waals surface area contributed by atoms with Crippen LogP contribution in [0, 0.1) is 0 Å². The van der Waals surface area contributed by atoms with Crippen molar-refractivity contribution in [1.82, 2.24) is 19.1 Å². The Labute approximate surface area is 178 Å². The summed E-state index contributed by atoms with van der Waals surface area (Å²) in [6.07, 6.45) is 5.74. The fourth-order valence-corrected chi connectivity index (χ4v) is 4.88. The summed E-state index contributed by atoms with van der Waals surface area (Å²) in [6.45, 7) is 0.812. The van der Waals surface area contributed by atoms with Crippen LogP contribution >= 0.6 is 0 Å². The van der Waals surface area contributed by atoms with Gasteiger partial charge in [-0.3, -0.25) is 4.98 Å². The maximum atomic E-state index is 4.84. The molecule has 0 bridgehead atoms. The maximum Gasteiger partial charge on any atom is 0.277 e. The molecule has 5 heterocycles. The Morgan fingerprint density at radius 2 is 1.48 bits per heavy atom. The van der Waals surface area contributed by atoms with Gasteiger partial charge in [0.15, 0.2) is 0 Å². The Kier molecular flexibility index (Phi) is 3.27. The summed E-state index contributed by atoms with van der Waals surface area (Å²) in [7, 11) is 0. The van der Waals surface area contributed by atoms with E-state index in [-0.39, 0.29) is 0 Å². The van der Waals surface area contributed by atoms with Gasteiger partial charge in [0.2, 0.25) is 11.3 Å². The lowest BCUT2D eigenvalue weighted by molar-refractivity contribution is -0.648. The molecule has 1 aliphatic rings. The Balaban J connectivity index is 1.73. The molecule has 0 atom stereocenters. The first-order valence-corrected chi connectivity index (χ1v) is 10.4. The SMILES string of the molecule is c1ccc(-n2c3[n+](c4c2c2ncccc2n4-c2ccccc2)Cc2ccncc2-3)cc1. The molecule has 1 aliphatic heterocycles. The van der Waals surface area contributed by atoms with Crippen molar-refractivity contribution in [2.45, 2.75) is 6.54 Å². The summed E-state index contributed by atoms with van der Waals surface area (Å²) >= 11 is 0. The molecule has 2 aromatic carbocycles. The van der Waals surface area contributed by atoms with Crippen LogP contribution in [0.2, 0.25) is 0 Å². The summed E-state index contributed by atoms with van der Waals surface area (Å²) in [4.78, 5) is 9.28. The van der Waals surface area contributed by atoms with Crippen LogP contribution in [0.25, 0.3) is 45.0 Å². The van der Waals surface area contributed by atoms with Crippen LogP contribution in [0.15, 0.2) is 97.5 Å². The van der Waals surface area contributed by atoms with Gasteiger partial charge >= 0.3 is 0 Å². The van der Waals surface area contributed by atoms with Crippen molar-refractivity contribution in [2.24, 2.45) is 0 Å². The molecule has 0 amide bonds. The van der Waals surface area contributed by atoms with E-state index in [4.69, 9.17) is 4.98 Å². The van der Waals surface area contributed by atoms with Gasteiger partial charge < -0.3 is 0 Å². The standard InChI is InChI=1S/C26H18N5/c1-3-8-19(9-4-1)30-22-12-7-14-28-23(22)24-26(30)29-17-18-13-15-27-16-21(18)25(29)31(24)20-10-5-2-6-11-20/h1-16H,17H2/q+1. The molecule has 7 rings (SSSR count). The van der Waals surface area contributed by atoms with E-state index >= 15 is 0 Å². The zero-order valence-corrected chi connectivity index (χ0v) is 16.7. The van der Waals surface area contributed by atoms with Crippen LogP contribution in [0.3, 0.4) is 0 Å². The van der Waals surface area contributed by atoms with Crippen molar-refractivity contribution >= 4 is 22.2 Å². The van der Waals surface area contributed by atoms with E-state index in [1.807, 2.05) is 24.7 Å². The lowest BCUT2D eigenvalue weighted by Gasteiger charge is -2.04. The highest BCUT2D eigenvalue weighted by Gasteiger charge is 2.38. The van der Waals surface area contributed by atoms with E-state index in [1.54, 1.807) is 0 Å². The van der Waals surface area contributed by atoms with E-state index in [2.05, 4.69) is 91.5 Å². The summed E-state index contributed by atoms with van der Waals surface area (Å²) in [5.74, 6) is 1.15. The van der Waals surface area contributed by atoms with Crippen molar-refractivity contribution in [2.75, 3.05) is 0 Å². The third-order valence-corrected chi connectivity index (χ3v) is 6.13. The van der Waals surface area contributed by atoms with E-state index in [0.717, 1.165) is 45.9 Å². The van der Waals surface area contributed by atoms with E-state index in [9.17, 15) is 0 Å². The van der Waals surface area contributed by atoms with Gasteiger partial charge in [-0.25, -0.2) is 18.7 Å². The van der Waals surface area contributed by atoms with Crippen LogP contribution in [-0.4, -0.2) is 19.1 Å². The predicted molar refractivity (Wildman–Crippen MR) is 120 cm³/mol. The summed E-state index contributed by atoms with van der Waals surface area (Å²) < 4.78 is 7.08. The van der Waals surface area contributed by atoms with Gasteiger partial charge in [-0.2, -0.15) is 0 Å². The lowest BCUT2D eigenvalue weighted by Crippen LogP contribution is -2.33. The highest BCUT2D eigenvalue weighted by Crippen LogP contribution is 2.38. The average Bonchev–Trinajstić information content (AvgIpc) is 3.47. The number of pyridine rings is 2. The minimum Gasteiger partial charge on any atom is -0.264 e. The number of hydrogen-bond donors (Lipinski definition) is 0. The second kappa shape index (κ2) is 6.12. The highest BCUT2D eigenvalue weighted by atomic mass is 15.3.